The van der Waals surface area contributed by atoms with Crippen LogP contribution in [-0.2, 0) is 18.4 Å². The third kappa shape index (κ3) is 3.61. The Bertz CT molecular complexity index is 969. The summed E-state index contributed by atoms with van der Waals surface area (Å²) in [7, 11) is 6.29. The Morgan fingerprint density at radius 2 is 1.79 bits per heavy atom. The number of rotatable bonds is 7. The van der Waals surface area contributed by atoms with Gasteiger partial charge in [-0.1, -0.05) is 0 Å². The summed E-state index contributed by atoms with van der Waals surface area (Å²) in [5.41, 5.74) is 1.66. The van der Waals surface area contributed by atoms with Crippen LogP contribution >= 0.6 is 0 Å². The summed E-state index contributed by atoms with van der Waals surface area (Å²) in [6.45, 7) is 1.61. The lowest BCUT2D eigenvalue weighted by Crippen LogP contribution is -2.07. The van der Waals surface area contributed by atoms with Gasteiger partial charge in [0.2, 0.25) is 11.6 Å². The fourth-order valence-electron chi connectivity index (χ4n) is 2.54. The standard InChI is InChI=1S/C18H20N4O6/c1-10-12(8-19-22(10)2)18(23)27-9-15-20-21-17(28-15)11-6-13(24-3)16(26-5)14(7-11)25-4/h6-8H,9H2,1-5H3. The first-order valence-electron chi connectivity index (χ1n) is 8.27. The van der Waals surface area contributed by atoms with Crippen molar-refractivity contribution in [1.82, 2.24) is 20.0 Å². The smallest absolute Gasteiger partial charge is 0.342 e. The van der Waals surface area contributed by atoms with E-state index in [0.29, 0.717) is 34.1 Å². The predicted molar refractivity (Wildman–Crippen MR) is 96.5 cm³/mol. The van der Waals surface area contributed by atoms with E-state index < -0.39 is 5.97 Å². The molecule has 0 saturated carbocycles. The summed E-state index contributed by atoms with van der Waals surface area (Å²) in [5, 5.41) is 11.9. The third-order valence-electron chi connectivity index (χ3n) is 4.16. The van der Waals surface area contributed by atoms with Crippen molar-refractivity contribution in [1.29, 1.82) is 0 Å². The van der Waals surface area contributed by atoms with Crippen molar-refractivity contribution in [2.45, 2.75) is 13.5 Å². The van der Waals surface area contributed by atoms with E-state index in [2.05, 4.69) is 15.3 Å². The van der Waals surface area contributed by atoms with Gasteiger partial charge in [0.25, 0.3) is 5.89 Å². The molecule has 148 valence electrons. The minimum atomic E-state index is -0.516. The van der Waals surface area contributed by atoms with Crippen molar-refractivity contribution in [3.8, 4) is 28.7 Å². The molecular formula is C18H20N4O6. The Morgan fingerprint density at radius 1 is 1.11 bits per heavy atom. The molecule has 0 atom stereocenters. The number of methoxy groups -OCH3 is 3. The van der Waals surface area contributed by atoms with Crippen LogP contribution in [0, 0.1) is 6.92 Å². The summed E-state index contributed by atoms with van der Waals surface area (Å²) in [6, 6.07) is 3.37. The zero-order valence-electron chi connectivity index (χ0n) is 16.2. The predicted octanol–water partition coefficient (Wildman–Crippen LogP) is 2.16. The minimum Gasteiger partial charge on any atom is -0.493 e. The lowest BCUT2D eigenvalue weighted by atomic mass is 10.2. The summed E-state index contributed by atoms with van der Waals surface area (Å²) in [4.78, 5) is 12.2. The molecule has 3 aromatic rings. The van der Waals surface area contributed by atoms with Crippen molar-refractivity contribution in [2.24, 2.45) is 7.05 Å². The molecule has 0 amide bonds. The third-order valence-corrected chi connectivity index (χ3v) is 4.16. The van der Waals surface area contributed by atoms with Crippen LogP contribution in [0.5, 0.6) is 17.2 Å². The monoisotopic (exact) mass is 388 g/mol. The topological polar surface area (TPSA) is 111 Å². The highest BCUT2D eigenvalue weighted by Crippen LogP contribution is 2.40. The number of benzene rings is 1. The van der Waals surface area contributed by atoms with Crippen molar-refractivity contribution >= 4 is 5.97 Å². The first-order valence-corrected chi connectivity index (χ1v) is 8.27. The quantitative estimate of drug-likeness (QED) is 0.562. The summed E-state index contributed by atoms with van der Waals surface area (Å²) < 4.78 is 28.3. The minimum absolute atomic E-state index is 0.152. The molecule has 0 bridgehead atoms. The second-order valence-electron chi connectivity index (χ2n) is 5.76. The summed E-state index contributed by atoms with van der Waals surface area (Å²) in [6.07, 6.45) is 1.45. The fraction of sp³-hybridized carbons (Fsp3) is 0.333. The lowest BCUT2D eigenvalue weighted by molar-refractivity contribution is 0.0437. The number of hydrogen-bond donors (Lipinski definition) is 0. The molecule has 0 radical (unpaired) electrons. The zero-order valence-corrected chi connectivity index (χ0v) is 16.2. The molecule has 0 fully saturated rings. The summed E-state index contributed by atoms with van der Waals surface area (Å²) >= 11 is 0. The first kappa shape index (κ1) is 19.2. The van der Waals surface area contributed by atoms with Crippen LogP contribution in [0.3, 0.4) is 0 Å². The lowest BCUT2D eigenvalue weighted by Gasteiger charge is -2.12. The molecule has 0 aliphatic rings. The molecule has 10 heteroatoms. The highest BCUT2D eigenvalue weighted by Gasteiger charge is 2.19. The van der Waals surface area contributed by atoms with Gasteiger partial charge in [0.05, 0.1) is 27.5 Å². The number of hydrogen-bond acceptors (Lipinski definition) is 9. The summed E-state index contributed by atoms with van der Waals surface area (Å²) in [5.74, 6) is 1.22. The molecule has 0 N–H and O–H groups in total. The maximum Gasteiger partial charge on any atom is 0.342 e. The average molecular weight is 388 g/mol. The van der Waals surface area contributed by atoms with Gasteiger partial charge in [0.1, 0.15) is 5.56 Å². The van der Waals surface area contributed by atoms with Gasteiger partial charge in [-0.3, -0.25) is 4.68 Å². The van der Waals surface area contributed by atoms with Crippen molar-refractivity contribution < 1.29 is 28.2 Å². The number of carbonyl (C=O) groups excluding carboxylic acids is 1. The number of ether oxygens (including phenoxy) is 4. The average Bonchev–Trinajstić information content (AvgIpc) is 3.32. The Kier molecular flexibility index (Phi) is 5.48. The van der Waals surface area contributed by atoms with Crippen LogP contribution in [0.2, 0.25) is 0 Å². The second kappa shape index (κ2) is 7.99. The number of carbonyl (C=O) groups is 1. The van der Waals surface area contributed by atoms with E-state index in [-0.39, 0.29) is 18.4 Å². The van der Waals surface area contributed by atoms with Crippen molar-refractivity contribution in [3.63, 3.8) is 0 Å². The molecule has 0 aliphatic heterocycles. The SMILES string of the molecule is COc1cc(-c2nnc(COC(=O)c3cnn(C)c3C)o2)cc(OC)c1OC. The van der Waals surface area contributed by atoms with Crippen LogP contribution in [-0.4, -0.2) is 47.3 Å². The molecule has 0 aliphatic carbocycles. The fourth-order valence-corrected chi connectivity index (χ4v) is 2.54. The van der Waals surface area contributed by atoms with E-state index >= 15 is 0 Å². The highest BCUT2D eigenvalue weighted by atomic mass is 16.5. The van der Waals surface area contributed by atoms with E-state index in [4.69, 9.17) is 23.4 Å². The first-order chi connectivity index (χ1) is 13.5. The number of aryl methyl sites for hydroxylation is 1. The normalized spacial score (nSPS) is 10.6. The van der Waals surface area contributed by atoms with E-state index in [1.807, 2.05) is 0 Å². The maximum absolute atomic E-state index is 12.2. The van der Waals surface area contributed by atoms with Crippen molar-refractivity contribution in [2.75, 3.05) is 21.3 Å². The molecule has 0 unspecified atom stereocenters. The maximum atomic E-state index is 12.2. The van der Waals surface area contributed by atoms with Gasteiger partial charge < -0.3 is 23.4 Å². The van der Waals surface area contributed by atoms with E-state index in [1.165, 1.54) is 27.5 Å². The van der Waals surface area contributed by atoms with Crippen molar-refractivity contribution in [3.05, 3.63) is 35.5 Å². The van der Waals surface area contributed by atoms with Gasteiger partial charge in [-0.25, -0.2) is 4.79 Å². The highest BCUT2D eigenvalue weighted by molar-refractivity contribution is 5.90. The van der Waals surface area contributed by atoms with Crippen LogP contribution in [0.1, 0.15) is 21.9 Å². The number of aromatic nitrogens is 4. The molecule has 0 saturated heterocycles. The Hall–Kier alpha value is -3.56. The van der Waals surface area contributed by atoms with Crippen LogP contribution in [0.25, 0.3) is 11.5 Å². The van der Waals surface area contributed by atoms with Gasteiger partial charge in [0, 0.05) is 18.3 Å². The van der Waals surface area contributed by atoms with Gasteiger partial charge in [-0.05, 0) is 19.1 Å². The van der Waals surface area contributed by atoms with Crippen LogP contribution in [0.4, 0.5) is 0 Å². The largest absolute Gasteiger partial charge is 0.493 e. The van der Waals surface area contributed by atoms with Crippen LogP contribution < -0.4 is 14.2 Å². The number of esters is 1. The molecule has 3 rings (SSSR count). The van der Waals surface area contributed by atoms with Gasteiger partial charge >= 0.3 is 5.97 Å². The van der Waals surface area contributed by atoms with Gasteiger partial charge in [-0.15, -0.1) is 10.2 Å². The molecule has 28 heavy (non-hydrogen) atoms. The van der Waals surface area contributed by atoms with E-state index in [0.717, 1.165) is 0 Å². The second-order valence-corrected chi connectivity index (χ2v) is 5.76. The molecule has 2 aromatic heterocycles. The Labute approximate surface area is 161 Å². The molecular weight excluding hydrogens is 368 g/mol. The van der Waals surface area contributed by atoms with E-state index in [9.17, 15) is 4.79 Å². The Morgan fingerprint density at radius 3 is 2.32 bits per heavy atom. The van der Waals surface area contributed by atoms with Gasteiger partial charge in [-0.2, -0.15) is 5.10 Å². The van der Waals surface area contributed by atoms with E-state index in [1.54, 1.807) is 30.8 Å². The van der Waals surface area contributed by atoms with Gasteiger partial charge in [0.15, 0.2) is 18.1 Å². The number of nitrogens with zero attached hydrogens (tertiary/aromatic N) is 4. The molecule has 10 nitrogen and oxygen atoms in total. The molecule has 1 aromatic carbocycles. The van der Waals surface area contributed by atoms with Crippen LogP contribution in [0.15, 0.2) is 22.7 Å². The molecule has 2 heterocycles. The molecule has 0 spiro atoms. The zero-order chi connectivity index (χ0) is 20.3. The Balaban J connectivity index is 1.77.